The number of esters is 1. The Labute approximate surface area is 196 Å². The first-order chi connectivity index (χ1) is 15.8. The minimum absolute atomic E-state index is 0.195. The third kappa shape index (κ3) is 4.45. The summed E-state index contributed by atoms with van der Waals surface area (Å²) in [5, 5.41) is -0.432. The van der Waals surface area contributed by atoms with E-state index in [0.717, 1.165) is 52.1 Å². The minimum Gasteiger partial charge on any atom is -0.465 e. The zero-order chi connectivity index (χ0) is 23.7. The van der Waals surface area contributed by atoms with Gasteiger partial charge in [-0.15, -0.1) is 0 Å². The molecule has 9 heteroatoms. The number of carbonyl (C=O) groups excluding carboxylic acids is 4. The molecule has 0 unspecified atom stereocenters. The Morgan fingerprint density at radius 2 is 1.85 bits per heavy atom. The molecule has 0 radical (unpaired) electrons. The molecule has 0 spiro atoms. The van der Waals surface area contributed by atoms with Crippen molar-refractivity contribution in [2.24, 2.45) is 0 Å². The van der Waals surface area contributed by atoms with Gasteiger partial charge in [0, 0.05) is 30.2 Å². The number of benzene rings is 1. The number of carbonyl (C=O) groups is 4. The number of ether oxygens (including phenoxy) is 1. The number of rotatable bonds is 5. The average molecular weight is 468 g/mol. The van der Waals surface area contributed by atoms with Gasteiger partial charge < -0.3 is 14.2 Å². The summed E-state index contributed by atoms with van der Waals surface area (Å²) in [6.45, 7) is 4.96. The van der Waals surface area contributed by atoms with Crippen LogP contribution in [0.2, 0.25) is 0 Å². The molecule has 4 rings (SSSR count). The molecule has 2 fully saturated rings. The molecule has 0 aliphatic carbocycles. The lowest BCUT2D eigenvalue weighted by Crippen LogP contribution is -2.40. The molecule has 1 aromatic heterocycles. The maximum Gasteiger partial charge on any atom is 0.337 e. The van der Waals surface area contributed by atoms with Crippen molar-refractivity contribution in [3.63, 3.8) is 0 Å². The fraction of sp³-hybridized carbons (Fsp3) is 0.333. The second-order valence-corrected chi connectivity index (χ2v) is 9.05. The lowest BCUT2D eigenvalue weighted by Gasteiger charge is -2.18. The highest BCUT2D eigenvalue weighted by Gasteiger charge is 2.37. The predicted molar refractivity (Wildman–Crippen MR) is 125 cm³/mol. The van der Waals surface area contributed by atoms with E-state index in [0.29, 0.717) is 18.7 Å². The number of nitrogens with zero attached hydrogens (tertiary/aromatic N) is 3. The highest BCUT2D eigenvalue weighted by molar-refractivity contribution is 8.18. The van der Waals surface area contributed by atoms with Crippen LogP contribution in [-0.4, -0.2) is 64.1 Å². The summed E-state index contributed by atoms with van der Waals surface area (Å²) in [4.78, 5) is 52.7. The first-order valence-electron chi connectivity index (χ1n) is 10.7. The van der Waals surface area contributed by atoms with Crippen molar-refractivity contribution in [3.05, 3.63) is 57.8 Å². The van der Waals surface area contributed by atoms with Crippen LogP contribution in [0.25, 0.3) is 11.8 Å². The molecule has 0 N–H and O–H groups in total. The van der Waals surface area contributed by atoms with Crippen molar-refractivity contribution in [3.8, 4) is 5.69 Å². The second-order valence-electron chi connectivity index (χ2n) is 8.06. The van der Waals surface area contributed by atoms with Gasteiger partial charge in [-0.1, -0.05) is 6.07 Å². The first kappa shape index (κ1) is 22.8. The van der Waals surface area contributed by atoms with Crippen LogP contribution >= 0.6 is 11.8 Å². The Balaban J connectivity index is 1.59. The van der Waals surface area contributed by atoms with Gasteiger partial charge in [0.2, 0.25) is 5.91 Å². The number of methoxy groups -OCH3 is 1. The number of imide groups is 1. The highest BCUT2D eigenvalue weighted by atomic mass is 32.2. The third-order valence-corrected chi connectivity index (χ3v) is 6.82. The van der Waals surface area contributed by atoms with E-state index in [1.54, 1.807) is 29.2 Å². The van der Waals surface area contributed by atoms with Crippen LogP contribution in [0.1, 0.15) is 40.2 Å². The molecule has 0 atom stereocenters. The molecule has 1 aromatic carbocycles. The Morgan fingerprint density at radius 3 is 2.55 bits per heavy atom. The zero-order valence-electron chi connectivity index (χ0n) is 18.8. The third-order valence-electron chi connectivity index (χ3n) is 5.91. The van der Waals surface area contributed by atoms with Crippen molar-refractivity contribution in [1.82, 2.24) is 14.4 Å². The average Bonchev–Trinajstić information content (AvgIpc) is 3.50. The Bertz CT molecular complexity index is 1180. The normalized spacial score (nSPS) is 17.4. The van der Waals surface area contributed by atoms with Crippen LogP contribution < -0.4 is 0 Å². The summed E-state index contributed by atoms with van der Waals surface area (Å²) >= 11 is 0.847. The molecule has 172 valence electrons. The van der Waals surface area contributed by atoms with Crippen molar-refractivity contribution in [1.29, 1.82) is 0 Å². The molecule has 0 bridgehead atoms. The van der Waals surface area contributed by atoms with Gasteiger partial charge >= 0.3 is 5.97 Å². The number of hydrogen-bond acceptors (Lipinski definition) is 6. The van der Waals surface area contributed by atoms with Crippen LogP contribution in [0, 0.1) is 13.8 Å². The van der Waals surface area contributed by atoms with E-state index in [-0.39, 0.29) is 17.4 Å². The monoisotopic (exact) mass is 467 g/mol. The van der Waals surface area contributed by atoms with Crippen LogP contribution in [0.4, 0.5) is 4.79 Å². The van der Waals surface area contributed by atoms with Crippen LogP contribution in [0.3, 0.4) is 0 Å². The van der Waals surface area contributed by atoms with Gasteiger partial charge in [-0.05, 0) is 74.4 Å². The molecule has 2 aliphatic rings. The fourth-order valence-corrected chi connectivity index (χ4v) is 5.03. The Kier molecular flexibility index (Phi) is 6.42. The molecule has 2 aliphatic heterocycles. The van der Waals surface area contributed by atoms with Gasteiger partial charge in [0.25, 0.3) is 11.1 Å². The van der Waals surface area contributed by atoms with Crippen molar-refractivity contribution < 1.29 is 23.9 Å². The summed E-state index contributed by atoms with van der Waals surface area (Å²) in [6, 6.07) is 9.01. The topological polar surface area (TPSA) is 88.9 Å². The van der Waals surface area contributed by atoms with Gasteiger partial charge in [-0.25, -0.2) is 4.79 Å². The molecule has 0 saturated carbocycles. The summed E-state index contributed by atoms with van der Waals surface area (Å²) < 4.78 is 6.78. The van der Waals surface area contributed by atoms with E-state index in [1.807, 2.05) is 30.5 Å². The van der Waals surface area contributed by atoms with Crippen molar-refractivity contribution in [2.45, 2.75) is 26.7 Å². The maximum atomic E-state index is 12.9. The Morgan fingerprint density at radius 1 is 1.12 bits per heavy atom. The smallest absolute Gasteiger partial charge is 0.337 e. The number of amides is 3. The SMILES string of the molecule is COC(=O)c1cccc(-n2c(C)cc(/C=C3/SC(=O)N(CC(=O)N4CCCC4)C3=O)c2C)c1. The molecular formula is C24H25N3O5S. The quantitative estimate of drug-likeness (QED) is 0.494. The predicted octanol–water partition coefficient (Wildman–Crippen LogP) is 3.54. The van der Waals surface area contributed by atoms with Gasteiger partial charge in [-0.3, -0.25) is 19.3 Å². The minimum atomic E-state index is -0.449. The van der Waals surface area contributed by atoms with Crippen LogP contribution in [0.5, 0.6) is 0 Å². The number of likely N-dealkylation sites (tertiary alicyclic amines) is 1. The van der Waals surface area contributed by atoms with E-state index in [4.69, 9.17) is 4.74 Å². The van der Waals surface area contributed by atoms with Gasteiger partial charge in [0.05, 0.1) is 17.6 Å². The molecule has 3 heterocycles. The van der Waals surface area contributed by atoms with Crippen LogP contribution in [0.15, 0.2) is 35.2 Å². The van der Waals surface area contributed by atoms with E-state index in [1.165, 1.54) is 7.11 Å². The number of aryl methyl sites for hydroxylation is 1. The molecular weight excluding hydrogens is 442 g/mol. The lowest BCUT2D eigenvalue weighted by atomic mass is 10.2. The largest absolute Gasteiger partial charge is 0.465 e. The van der Waals surface area contributed by atoms with E-state index in [2.05, 4.69) is 0 Å². The van der Waals surface area contributed by atoms with Crippen molar-refractivity contribution >= 4 is 40.9 Å². The lowest BCUT2D eigenvalue weighted by molar-refractivity contribution is -0.135. The highest BCUT2D eigenvalue weighted by Crippen LogP contribution is 2.34. The number of aromatic nitrogens is 1. The number of thioether (sulfide) groups is 1. The van der Waals surface area contributed by atoms with Gasteiger partial charge in [0.15, 0.2) is 0 Å². The fourth-order valence-electron chi connectivity index (χ4n) is 4.20. The zero-order valence-corrected chi connectivity index (χ0v) is 19.6. The molecule has 2 saturated heterocycles. The summed E-state index contributed by atoms with van der Waals surface area (Å²) in [5.74, 6) is -1.06. The van der Waals surface area contributed by atoms with Crippen LogP contribution in [-0.2, 0) is 14.3 Å². The van der Waals surface area contributed by atoms with E-state index in [9.17, 15) is 19.2 Å². The number of hydrogen-bond donors (Lipinski definition) is 0. The van der Waals surface area contributed by atoms with Crippen molar-refractivity contribution in [2.75, 3.05) is 26.7 Å². The standard InChI is InChI=1S/C24H25N3O5S/c1-15-11-18(16(2)27(15)19-8-6-7-17(12-19)23(30)32-3)13-20-22(29)26(24(31)33-20)14-21(28)25-9-4-5-10-25/h6-8,11-13H,4-5,9-10,14H2,1-3H3/b20-13+. The van der Waals surface area contributed by atoms with Gasteiger partial charge in [0.1, 0.15) is 6.54 Å². The molecule has 2 aromatic rings. The summed E-state index contributed by atoms with van der Waals surface area (Å²) in [7, 11) is 1.34. The second kappa shape index (κ2) is 9.27. The van der Waals surface area contributed by atoms with E-state index >= 15 is 0 Å². The van der Waals surface area contributed by atoms with Gasteiger partial charge in [-0.2, -0.15) is 0 Å². The molecule has 33 heavy (non-hydrogen) atoms. The first-order valence-corrected chi connectivity index (χ1v) is 11.5. The summed E-state index contributed by atoms with van der Waals surface area (Å²) in [5.41, 5.74) is 3.77. The Hall–Kier alpha value is -3.33. The molecule has 3 amide bonds. The molecule has 8 nitrogen and oxygen atoms in total. The summed E-state index contributed by atoms with van der Waals surface area (Å²) in [6.07, 6.45) is 3.59. The van der Waals surface area contributed by atoms with E-state index < -0.39 is 17.1 Å². The maximum absolute atomic E-state index is 12.9.